The molecule has 2 aromatic carbocycles. The van der Waals surface area contributed by atoms with Crippen molar-refractivity contribution >= 4 is 23.1 Å². The van der Waals surface area contributed by atoms with E-state index < -0.39 is 0 Å². The summed E-state index contributed by atoms with van der Waals surface area (Å²) in [6, 6.07) is 17.7. The van der Waals surface area contributed by atoms with Gasteiger partial charge in [0.1, 0.15) is 0 Å². The van der Waals surface area contributed by atoms with Crippen LogP contribution in [0.15, 0.2) is 58.3 Å². The lowest BCUT2D eigenvalue weighted by atomic mass is 10.1. The van der Waals surface area contributed by atoms with Crippen molar-refractivity contribution in [2.24, 2.45) is 5.92 Å². The largest absolute Gasteiger partial charge is 0.339 e. The van der Waals surface area contributed by atoms with Crippen LogP contribution in [-0.2, 0) is 0 Å². The molecule has 0 aromatic heterocycles. The van der Waals surface area contributed by atoms with E-state index in [1.807, 2.05) is 11.8 Å². The molecule has 0 radical (unpaired) electrons. The maximum absolute atomic E-state index is 2.66. The second-order valence-electron chi connectivity index (χ2n) is 7.11. The molecule has 1 fully saturated rings. The number of benzene rings is 2. The van der Waals surface area contributed by atoms with Crippen molar-refractivity contribution < 1.29 is 0 Å². The molecule has 0 aliphatic carbocycles. The summed E-state index contributed by atoms with van der Waals surface area (Å²) in [5, 5.41) is 0. The summed E-state index contributed by atoms with van der Waals surface area (Å²) < 4.78 is 0. The first-order chi connectivity index (χ1) is 11.8. The fraction of sp³-hybridized carbons (Fsp3) is 0.429. The number of rotatable bonds is 4. The molecule has 0 amide bonds. The Labute approximate surface area is 149 Å². The molecule has 1 saturated heterocycles. The predicted molar refractivity (Wildman–Crippen MR) is 103 cm³/mol. The van der Waals surface area contributed by atoms with E-state index in [9.17, 15) is 0 Å². The molecule has 126 valence electrons. The number of para-hydroxylation sites is 2. The summed E-state index contributed by atoms with van der Waals surface area (Å²) in [7, 11) is 0. The maximum Gasteiger partial charge on any atom is 0.0552 e. The minimum Gasteiger partial charge on any atom is -0.339 e. The molecule has 2 heterocycles. The summed E-state index contributed by atoms with van der Waals surface area (Å²) in [5.74, 6) is 0.660. The third kappa shape index (κ3) is 3.33. The Balaban J connectivity index is 1.55. The summed E-state index contributed by atoms with van der Waals surface area (Å²) in [6.07, 6.45) is 4.16. The van der Waals surface area contributed by atoms with Crippen molar-refractivity contribution in [2.45, 2.75) is 36.0 Å². The van der Waals surface area contributed by atoms with Crippen LogP contribution >= 0.6 is 11.8 Å². The molecule has 24 heavy (non-hydrogen) atoms. The Morgan fingerprint density at radius 3 is 2.04 bits per heavy atom. The molecule has 2 nitrogen and oxygen atoms in total. The zero-order valence-electron chi connectivity index (χ0n) is 14.4. The van der Waals surface area contributed by atoms with E-state index in [0.29, 0.717) is 5.92 Å². The topological polar surface area (TPSA) is 6.48 Å². The Bertz CT molecular complexity index is 648. The van der Waals surface area contributed by atoms with E-state index >= 15 is 0 Å². The highest BCUT2D eigenvalue weighted by Gasteiger charge is 2.24. The van der Waals surface area contributed by atoms with Crippen LogP contribution in [0.25, 0.3) is 0 Å². The second kappa shape index (κ2) is 7.20. The van der Waals surface area contributed by atoms with E-state index in [4.69, 9.17) is 0 Å². The number of hydrogen-bond donors (Lipinski definition) is 0. The SMILES string of the molecule is CC(CN1CCCCC1)CN1c2ccccc2Sc2ccccc21. The maximum atomic E-state index is 2.66. The number of anilines is 2. The first kappa shape index (κ1) is 16.0. The molecule has 4 rings (SSSR count). The van der Waals surface area contributed by atoms with Crippen LogP contribution in [0.3, 0.4) is 0 Å². The number of piperidine rings is 1. The standard InChI is InChI=1S/C21H26N2S/c1-17(15-22-13-7-2-8-14-22)16-23-18-9-3-5-11-20(18)24-21-12-6-4-10-19(21)23/h3-6,9-12,17H,2,7-8,13-16H2,1H3. The molecule has 0 N–H and O–H groups in total. The second-order valence-corrected chi connectivity index (χ2v) is 8.20. The Hall–Kier alpha value is -1.45. The average Bonchev–Trinajstić information content (AvgIpc) is 2.62. The predicted octanol–water partition coefficient (Wildman–Crippen LogP) is 5.41. The van der Waals surface area contributed by atoms with Gasteiger partial charge in [0.2, 0.25) is 0 Å². The summed E-state index contributed by atoms with van der Waals surface area (Å²) in [6.45, 7) is 7.28. The van der Waals surface area contributed by atoms with E-state index in [0.717, 1.165) is 6.54 Å². The number of fused-ring (bicyclic) bond motifs is 2. The van der Waals surface area contributed by atoms with E-state index in [-0.39, 0.29) is 0 Å². The van der Waals surface area contributed by atoms with Gasteiger partial charge in [-0.15, -0.1) is 0 Å². The van der Waals surface area contributed by atoms with Crippen molar-refractivity contribution in [3.63, 3.8) is 0 Å². The van der Waals surface area contributed by atoms with E-state index in [2.05, 4.69) is 65.3 Å². The normalized spacial score (nSPS) is 18.8. The lowest BCUT2D eigenvalue weighted by Gasteiger charge is -2.36. The van der Waals surface area contributed by atoms with Crippen LogP contribution in [-0.4, -0.2) is 31.1 Å². The van der Waals surface area contributed by atoms with Crippen LogP contribution in [0.5, 0.6) is 0 Å². The molecule has 0 bridgehead atoms. The molecule has 0 spiro atoms. The Morgan fingerprint density at radius 2 is 1.42 bits per heavy atom. The van der Waals surface area contributed by atoms with Crippen LogP contribution in [0.4, 0.5) is 11.4 Å². The van der Waals surface area contributed by atoms with Gasteiger partial charge in [0, 0.05) is 22.9 Å². The van der Waals surface area contributed by atoms with Crippen LogP contribution in [0, 0.1) is 5.92 Å². The van der Waals surface area contributed by atoms with Gasteiger partial charge in [-0.25, -0.2) is 0 Å². The van der Waals surface area contributed by atoms with Gasteiger partial charge in [0.25, 0.3) is 0 Å². The van der Waals surface area contributed by atoms with E-state index in [1.54, 1.807) is 0 Å². The molecule has 1 atom stereocenters. The monoisotopic (exact) mass is 338 g/mol. The van der Waals surface area contributed by atoms with Gasteiger partial charge in [0.05, 0.1) is 11.4 Å². The third-order valence-electron chi connectivity index (χ3n) is 5.04. The van der Waals surface area contributed by atoms with Crippen LogP contribution in [0.2, 0.25) is 0 Å². The summed E-state index contributed by atoms with van der Waals surface area (Å²) >= 11 is 1.90. The minimum absolute atomic E-state index is 0.660. The minimum atomic E-state index is 0.660. The van der Waals surface area contributed by atoms with Gasteiger partial charge in [-0.2, -0.15) is 0 Å². The number of nitrogens with zero attached hydrogens (tertiary/aromatic N) is 2. The van der Waals surface area contributed by atoms with Gasteiger partial charge in [-0.1, -0.05) is 49.4 Å². The molecular formula is C21H26N2S. The Kier molecular flexibility index (Phi) is 4.81. The molecule has 3 heteroatoms. The lowest BCUT2D eigenvalue weighted by Crippen LogP contribution is -2.37. The van der Waals surface area contributed by atoms with Crippen molar-refractivity contribution in [1.29, 1.82) is 0 Å². The molecule has 1 unspecified atom stereocenters. The van der Waals surface area contributed by atoms with Crippen molar-refractivity contribution in [3.05, 3.63) is 48.5 Å². The van der Waals surface area contributed by atoms with Crippen LogP contribution < -0.4 is 4.90 Å². The molecule has 2 aliphatic rings. The number of likely N-dealkylation sites (tertiary alicyclic amines) is 1. The van der Waals surface area contributed by atoms with Crippen molar-refractivity contribution in [1.82, 2.24) is 4.90 Å². The molecule has 0 saturated carbocycles. The van der Waals surface area contributed by atoms with Gasteiger partial charge in [0.15, 0.2) is 0 Å². The average molecular weight is 339 g/mol. The van der Waals surface area contributed by atoms with E-state index in [1.165, 1.54) is 60.1 Å². The van der Waals surface area contributed by atoms with Crippen molar-refractivity contribution in [3.8, 4) is 0 Å². The van der Waals surface area contributed by atoms with Gasteiger partial charge >= 0.3 is 0 Å². The highest BCUT2D eigenvalue weighted by atomic mass is 32.2. The van der Waals surface area contributed by atoms with Gasteiger partial charge < -0.3 is 9.80 Å². The zero-order chi connectivity index (χ0) is 16.4. The number of hydrogen-bond acceptors (Lipinski definition) is 3. The smallest absolute Gasteiger partial charge is 0.0552 e. The van der Waals surface area contributed by atoms with Crippen LogP contribution in [0.1, 0.15) is 26.2 Å². The fourth-order valence-electron chi connectivity index (χ4n) is 3.93. The van der Waals surface area contributed by atoms with Gasteiger partial charge in [-0.3, -0.25) is 0 Å². The van der Waals surface area contributed by atoms with Crippen molar-refractivity contribution in [2.75, 3.05) is 31.1 Å². The first-order valence-electron chi connectivity index (χ1n) is 9.17. The summed E-state index contributed by atoms with van der Waals surface area (Å²) in [5.41, 5.74) is 2.73. The summed E-state index contributed by atoms with van der Waals surface area (Å²) in [4.78, 5) is 7.95. The van der Waals surface area contributed by atoms with Gasteiger partial charge in [-0.05, 0) is 56.1 Å². The lowest BCUT2D eigenvalue weighted by molar-refractivity contribution is 0.202. The zero-order valence-corrected chi connectivity index (χ0v) is 15.3. The highest BCUT2D eigenvalue weighted by Crippen LogP contribution is 2.47. The molecular weight excluding hydrogens is 312 g/mol. The fourth-order valence-corrected chi connectivity index (χ4v) is 5.03. The first-order valence-corrected chi connectivity index (χ1v) is 9.99. The quantitative estimate of drug-likeness (QED) is 0.736. The molecule has 2 aliphatic heterocycles. The highest BCUT2D eigenvalue weighted by molar-refractivity contribution is 7.99. The molecule has 2 aromatic rings. The Morgan fingerprint density at radius 1 is 0.833 bits per heavy atom. The third-order valence-corrected chi connectivity index (χ3v) is 6.18.